The number of ketones is 1. The van der Waals surface area contributed by atoms with E-state index in [1.54, 1.807) is 18.3 Å². The van der Waals surface area contributed by atoms with Crippen LogP contribution in [-0.2, 0) is 0 Å². The predicted molar refractivity (Wildman–Crippen MR) is 47.1 cm³/mol. The van der Waals surface area contributed by atoms with Gasteiger partial charge in [0.15, 0.2) is 5.78 Å². The molecule has 64 valence electrons. The van der Waals surface area contributed by atoms with Gasteiger partial charge in [-0.2, -0.15) is 0 Å². The molecule has 0 atom stereocenters. The first-order valence-electron chi connectivity index (χ1n) is 3.79. The van der Waals surface area contributed by atoms with Gasteiger partial charge in [-0.25, -0.2) is 0 Å². The number of hydrogen-bond acceptors (Lipinski definition) is 3. The Labute approximate surface area is 72.0 Å². The zero-order valence-electron chi connectivity index (χ0n) is 7.32. The van der Waals surface area contributed by atoms with Crippen molar-refractivity contribution in [3.8, 4) is 0 Å². The van der Waals surface area contributed by atoms with Crippen molar-refractivity contribution in [3.63, 3.8) is 0 Å². The normalized spacial score (nSPS) is 10.2. The number of likely N-dealkylation sites (N-methyl/N-ethyl adjacent to an activating group) is 1. The fourth-order valence-corrected chi connectivity index (χ4v) is 0.896. The maximum absolute atomic E-state index is 11.4. The first-order chi connectivity index (χ1) is 5.70. The summed E-state index contributed by atoms with van der Waals surface area (Å²) in [5.74, 6) is 0.0561. The van der Waals surface area contributed by atoms with Crippen LogP contribution < -0.4 is 0 Å². The van der Waals surface area contributed by atoms with Gasteiger partial charge in [-0.15, -0.1) is 0 Å². The quantitative estimate of drug-likeness (QED) is 0.620. The summed E-state index contributed by atoms with van der Waals surface area (Å²) in [6, 6.07) is 5.34. The molecule has 0 amide bonds. The van der Waals surface area contributed by atoms with Gasteiger partial charge in [-0.1, -0.05) is 6.07 Å². The molecule has 0 aliphatic carbocycles. The number of hydrogen-bond donors (Lipinski definition) is 0. The minimum atomic E-state index is 0.0561. The Hall–Kier alpha value is -1.22. The van der Waals surface area contributed by atoms with Gasteiger partial charge in [0, 0.05) is 6.20 Å². The van der Waals surface area contributed by atoms with Crippen LogP contribution in [0, 0.1) is 0 Å². The molecule has 0 spiro atoms. The van der Waals surface area contributed by atoms with Gasteiger partial charge in [-0.3, -0.25) is 9.78 Å². The van der Waals surface area contributed by atoms with Crippen LogP contribution in [0.5, 0.6) is 0 Å². The second-order valence-corrected chi connectivity index (χ2v) is 2.88. The van der Waals surface area contributed by atoms with E-state index >= 15 is 0 Å². The third-order valence-electron chi connectivity index (χ3n) is 1.41. The Morgan fingerprint density at radius 1 is 1.50 bits per heavy atom. The summed E-state index contributed by atoms with van der Waals surface area (Å²) in [6.07, 6.45) is 1.63. The lowest BCUT2D eigenvalue weighted by Gasteiger charge is -2.06. The number of carbonyl (C=O) groups excluding carboxylic acids is 1. The third-order valence-corrected chi connectivity index (χ3v) is 1.41. The highest BCUT2D eigenvalue weighted by atomic mass is 16.1. The molecule has 1 aromatic heterocycles. The average Bonchev–Trinajstić information content (AvgIpc) is 2.05. The van der Waals surface area contributed by atoms with Crippen LogP contribution in [0.4, 0.5) is 0 Å². The first kappa shape index (κ1) is 8.87. The highest BCUT2D eigenvalue weighted by molar-refractivity contribution is 5.95. The van der Waals surface area contributed by atoms with E-state index in [4.69, 9.17) is 0 Å². The molecule has 12 heavy (non-hydrogen) atoms. The maximum Gasteiger partial charge on any atom is 0.195 e. The largest absolute Gasteiger partial charge is 0.302 e. The number of pyridine rings is 1. The summed E-state index contributed by atoms with van der Waals surface area (Å²) in [7, 11) is 3.72. The molecule has 0 saturated carbocycles. The maximum atomic E-state index is 11.4. The van der Waals surface area contributed by atoms with E-state index in [9.17, 15) is 4.79 Å². The van der Waals surface area contributed by atoms with Gasteiger partial charge in [0.1, 0.15) is 5.69 Å². The molecule has 0 aromatic carbocycles. The van der Waals surface area contributed by atoms with Crippen LogP contribution in [-0.4, -0.2) is 36.3 Å². The molecule has 0 bridgehead atoms. The van der Waals surface area contributed by atoms with E-state index in [0.29, 0.717) is 12.2 Å². The fraction of sp³-hybridized carbons (Fsp3) is 0.333. The minimum Gasteiger partial charge on any atom is -0.302 e. The Kier molecular flexibility index (Phi) is 2.94. The van der Waals surface area contributed by atoms with Crippen molar-refractivity contribution in [1.29, 1.82) is 0 Å². The van der Waals surface area contributed by atoms with Gasteiger partial charge in [0.05, 0.1) is 6.54 Å². The third kappa shape index (κ3) is 2.43. The molecule has 0 unspecified atom stereocenters. The predicted octanol–water partition coefficient (Wildman–Crippen LogP) is 0.826. The summed E-state index contributed by atoms with van der Waals surface area (Å²) in [6.45, 7) is 0.414. The van der Waals surface area contributed by atoms with Crippen molar-refractivity contribution in [3.05, 3.63) is 30.1 Å². The molecular weight excluding hydrogens is 152 g/mol. The summed E-state index contributed by atoms with van der Waals surface area (Å²) in [5, 5.41) is 0. The van der Waals surface area contributed by atoms with Gasteiger partial charge < -0.3 is 4.90 Å². The average molecular weight is 164 g/mol. The van der Waals surface area contributed by atoms with Crippen molar-refractivity contribution in [2.75, 3.05) is 20.6 Å². The molecule has 1 aromatic rings. The zero-order chi connectivity index (χ0) is 8.97. The summed E-state index contributed by atoms with van der Waals surface area (Å²) >= 11 is 0. The van der Waals surface area contributed by atoms with Crippen LogP contribution in [0.25, 0.3) is 0 Å². The summed E-state index contributed by atoms with van der Waals surface area (Å²) < 4.78 is 0. The van der Waals surface area contributed by atoms with Crippen LogP contribution in [0.1, 0.15) is 10.5 Å². The lowest BCUT2D eigenvalue weighted by Crippen LogP contribution is -2.22. The van der Waals surface area contributed by atoms with Crippen LogP contribution in [0.15, 0.2) is 24.4 Å². The van der Waals surface area contributed by atoms with Crippen molar-refractivity contribution in [1.82, 2.24) is 9.88 Å². The zero-order valence-corrected chi connectivity index (χ0v) is 7.32. The lowest BCUT2D eigenvalue weighted by molar-refractivity contribution is 0.0953. The molecule has 0 radical (unpaired) electrons. The molecular formula is C9H12N2O. The lowest BCUT2D eigenvalue weighted by atomic mass is 10.2. The smallest absolute Gasteiger partial charge is 0.195 e. The molecule has 1 rings (SSSR count). The number of nitrogens with zero attached hydrogens (tertiary/aromatic N) is 2. The summed E-state index contributed by atoms with van der Waals surface area (Å²) in [4.78, 5) is 17.1. The SMILES string of the molecule is CN(C)CC(=O)c1ccccn1. The molecule has 3 heteroatoms. The standard InChI is InChI=1S/C9H12N2O/c1-11(2)7-9(12)8-5-3-4-6-10-8/h3-6H,7H2,1-2H3. The Morgan fingerprint density at radius 3 is 2.75 bits per heavy atom. The Balaban J connectivity index is 2.66. The van der Waals surface area contributed by atoms with E-state index in [1.165, 1.54) is 0 Å². The van der Waals surface area contributed by atoms with Gasteiger partial charge in [-0.05, 0) is 26.2 Å². The second-order valence-electron chi connectivity index (χ2n) is 2.88. The molecule has 0 N–H and O–H groups in total. The number of Topliss-reactive ketones (excluding diaryl/α,β-unsaturated/α-hetero) is 1. The van der Waals surface area contributed by atoms with Gasteiger partial charge >= 0.3 is 0 Å². The van der Waals surface area contributed by atoms with Gasteiger partial charge in [0.2, 0.25) is 0 Å². The number of carbonyl (C=O) groups is 1. The highest BCUT2D eigenvalue weighted by Crippen LogP contribution is 1.95. The number of rotatable bonds is 3. The van der Waals surface area contributed by atoms with Crippen molar-refractivity contribution in [2.45, 2.75) is 0 Å². The Morgan fingerprint density at radius 2 is 2.25 bits per heavy atom. The van der Waals surface area contributed by atoms with E-state index in [1.807, 2.05) is 25.1 Å². The van der Waals surface area contributed by atoms with Crippen molar-refractivity contribution < 1.29 is 4.79 Å². The number of aromatic nitrogens is 1. The highest BCUT2D eigenvalue weighted by Gasteiger charge is 2.06. The molecule has 1 heterocycles. The van der Waals surface area contributed by atoms with Crippen molar-refractivity contribution >= 4 is 5.78 Å². The van der Waals surface area contributed by atoms with E-state index < -0.39 is 0 Å². The van der Waals surface area contributed by atoms with Crippen molar-refractivity contribution in [2.24, 2.45) is 0 Å². The monoisotopic (exact) mass is 164 g/mol. The van der Waals surface area contributed by atoms with Crippen LogP contribution in [0.3, 0.4) is 0 Å². The Bertz CT molecular complexity index is 256. The summed E-state index contributed by atoms with van der Waals surface area (Å²) in [5.41, 5.74) is 0.534. The van der Waals surface area contributed by atoms with Gasteiger partial charge in [0.25, 0.3) is 0 Å². The van der Waals surface area contributed by atoms with E-state index in [-0.39, 0.29) is 5.78 Å². The van der Waals surface area contributed by atoms with Crippen LogP contribution >= 0.6 is 0 Å². The van der Waals surface area contributed by atoms with E-state index in [2.05, 4.69) is 4.98 Å². The second kappa shape index (κ2) is 3.97. The molecule has 0 aliphatic heterocycles. The first-order valence-corrected chi connectivity index (χ1v) is 3.79. The fourth-order valence-electron chi connectivity index (χ4n) is 0.896. The van der Waals surface area contributed by atoms with E-state index in [0.717, 1.165) is 0 Å². The topological polar surface area (TPSA) is 33.2 Å². The van der Waals surface area contributed by atoms with Crippen LogP contribution in [0.2, 0.25) is 0 Å². The molecule has 3 nitrogen and oxygen atoms in total. The minimum absolute atomic E-state index is 0.0561. The molecule has 0 fully saturated rings. The molecule has 0 saturated heterocycles. The molecule has 0 aliphatic rings.